The van der Waals surface area contributed by atoms with Gasteiger partial charge in [0.2, 0.25) is 5.91 Å². The number of halogens is 2. The molecule has 0 saturated carbocycles. The van der Waals surface area contributed by atoms with Crippen molar-refractivity contribution in [3.05, 3.63) is 28.2 Å². The van der Waals surface area contributed by atoms with Crippen LogP contribution in [0.15, 0.2) is 18.2 Å². The average molecular weight is 291 g/mol. The number of rotatable bonds is 4. The molecule has 5 nitrogen and oxygen atoms in total. The van der Waals surface area contributed by atoms with Gasteiger partial charge in [0.05, 0.1) is 16.7 Å². The summed E-state index contributed by atoms with van der Waals surface area (Å²) in [6.45, 7) is 1.74. The third-order valence-electron chi connectivity index (χ3n) is 1.87. The molecule has 0 aliphatic rings. The Kier molecular flexibility index (Phi) is 5.74. The summed E-state index contributed by atoms with van der Waals surface area (Å²) < 4.78 is 4.61. The zero-order valence-corrected chi connectivity index (χ0v) is 11.1. The molecule has 18 heavy (non-hydrogen) atoms. The monoisotopic (exact) mass is 290 g/mol. The number of nitrogens with one attached hydrogen (secondary N) is 2. The molecule has 98 valence electrons. The standard InChI is InChI=1S/C11H12Cl2N2O3/c1-2-18-11(17)14-6-10(16)15-7-3-4-8(12)9(13)5-7/h3-5H,2,6H2,1H3,(H,14,17)(H,15,16). The van der Waals surface area contributed by atoms with Crippen LogP contribution in [0.25, 0.3) is 0 Å². The van der Waals surface area contributed by atoms with Gasteiger partial charge in [-0.3, -0.25) is 4.79 Å². The summed E-state index contributed by atoms with van der Waals surface area (Å²) in [7, 11) is 0. The second-order valence-corrected chi connectivity index (χ2v) is 4.07. The Bertz CT molecular complexity index is 452. The van der Waals surface area contributed by atoms with Crippen LogP contribution in [-0.4, -0.2) is 25.2 Å². The number of hydrogen-bond acceptors (Lipinski definition) is 3. The first-order chi connectivity index (χ1) is 8.52. The minimum absolute atomic E-state index is 0.181. The molecule has 0 spiro atoms. The molecule has 1 rings (SSSR count). The van der Waals surface area contributed by atoms with Gasteiger partial charge in [0.15, 0.2) is 0 Å². The van der Waals surface area contributed by atoms with E-state index in [2.05, 4.69) is 15.4 Å². The summed E-state index contributed by atoms with van der Waals surface area (Å²) in [6, 6.07) is 4.70. The van der Waals surface area contributed by atoms with E-state index in [9.17, 15) is 9.59 Å². The molecule has 0 aliphatic carbocycles. The molecule has 0 radical (unpaired) electrons. The fourth-order valence-electron chi connectivity index (χ4n) is 1.11. The molecule has 0 fully saturated rings. The smallest absolute Gasteiger partial charge is 0.407 e. The van der Waals surface area contributed by atoms with Crippen LogP contribution in [0.5, 0.6) is 0 Å². The number of amides is 2. The Morgan fingerprint density at radius 3 is 2.61 bits per heavy atom. The maximum absolute atomic E-state index is 11.5. The Morgan fingerprint density at radius 1 is 1.28 bits per heavy atom. The van der Waals surface area contributed by atoms with Crippen molar-refractivity contribution in [1.29, 1.82) is 0 Å². The van der Waals surface area contributed by atoms with Crippen molar-refractivity contribution in [2.24, 2.45) is 0 Å². The first-order valence-electron chi connectivity index (χ1n) is 5.18. The van der Waals surface area contributed by atoms with Gasteiger partial charge in [-0.2, -0.15) is 0 Å². The van der Waals surface area contributed by atoms with Gasteiger partial charge in [-0.1, -0.05) is 23.2 Å². The van der Waals surface area contributed by atoms with Crippen LogP contribution in [0.1, 0.15) is 6.92 Å². The van der Waals surface area contributed by atoms with Crippen molar-refractivity contribution < 1.29 is 14.3 Å². The topological polar surface area (TPSA) is 67.4 Å². The molecular formula is C11H12Cl2N2O3. The number of alkyl carbamates (subject to hydrolysis) is 1. The van der Waals surface area contributed by atoms with Gasteiger partial charge in [0.25, 0.3) is 0 Å². The number of carbonyl (C=O) groups excluding carboxylic acids is 2. The van der Waals surface area contributed by atoms with E-state index in [1.165, 1.54) is 6.07 Å². The number of hydrogen-bond donors (Lipinski definition) is 2. The van der Waals surface area contributed by atoms with Gasteiger partial charge in [-0.15, -0.1) is 0 Å². The van der Waals surface area contributed by atoms with E-state index in [0.717, 1.165) is 0 Å². The summed E-state index contributed by atoms with van der Waals surface area (Å²) in [5, 5.41) is 5.60. The lowest BCUT2D eigenvalue weighted by Gasteiger charge is -2.07. The fraction of sp³-hybridized carbons (Fsp3) is 0.273. The van der Waals surface area contributed by atoms with Crippen molar-refractivity contribution >= 4 is 40.9 Å². The largest absolute Gasteiger partial charge is 0.450 e. The van der Waals surface area contributed by atoms with Crippen LogP contribution >= 0.6 is 23.2 Å². The number of anilines is 1. The highest BCUT2D eigenvalue weighted by molar-refractivity contribution is 6.42. The van der Waals surface area contributed by atoms with Crippen molar-refractivity contribution in [1.82, 2.24) is 5.32 Å². The van der Waals surface area contributed by atoms with E-state index in [-0.39, 0.29) is 19.1 Å². The molecular weight excluding hydrogens is 279 g/mol. The maximum atomic E-state index is 11.5. The molecule has 0 bridgehead atoms. The third-order valence-corrected chi connectivity index (χ3v) is 2.61. The van der Waals surface area contributed by atoms with Crippen LogP contribution < -0.4 is 10.6 Å². The van der Waals surface area contributed by atoms with Crippen molar-refractivity contribution in [3.63, 3.8) is 0 Å². The van der Waals surface area contributed by atoms with E-state index in [1.54, 1.807) is 19.1 Å². The summed E-state index contributed by atoms with van der Waals surface area (Å²) >= 11 is 11.5. The lowest BCUT2D eigenvalue weighted by Crippen LogP contribution is -2.33. The molecule has 0 aliphatic heterocycles. The minimum Gasteiger partial charge on any atom is -0.450 e. The predicted molar refractivity (Wildman–Crippen MR) is 70.1 cm³/mol. The fourth-order valence-corrected chi connectivity index (χ4v) is 1.41. The Morgan fingerprint density at radius 2 is 2.00 bits per heavy atom. The summed E-state index contributed by atoms with van der Waals surface area (Å²) in [4.78, 5) is 22.4. The van der Waals surface area contributed by atoms with Gasteiger partial charge in [-0.25, -0.2) is 4.79 Å². The molecule has 1 aromatic carbocycles. The highest BCUT2D eigenvalue weighted by Gasteiger charge is 2.07. The lowest BCUT2D eigenvalue weighted by molar-refractivity contribution is -0.115. The molecule has 0 unspecified atom stereocenters. The van der Waals surface area contributed by atoms with E-state index in [0.29, 0.717) is 15.7 Å². The SMILES string of the molecule is CCOC(=O)NCC(=O)Nc1ccc(Cl)c(Cl)c1. The molecule has 7 heteroatoms. The maximum Gasteiger partial charge on any atom is 0.407 e. The Balaban J connectivity index is 2.44. The van der Waals surface area contributed by atoms with Crippen molar-refractivity contribution in [2.45, 2.75) is 6.92 Å². The molecule has 0 saturated heterocycles. The van der Waals surface area contributed by atoms with Crippen LogP contribution in [0.4, 0.5) is 10.5 Å². The average Bonchev–Trinajstić information content (AvgIpc) is 2.32. The summed E-state index contributed by atoms with van der Waals surface area (Å²) in [5.41, 5.74) is 0.500. The van der Waals surface area contributed by atoms with Crippen LogP contribution in [-0.2, 0) is 9.53 Å². The second kappa shape index (κ2) is 7.08. The van der Waals surface area contributed by atoms with E-state index >= 15 is 0 Å². The van der Waals surface area contributed by atoms with E-state index in [1.807, 2.05) is 0 Å². The second-order valence-electron chi connectivity index (χ2n) is 3.25. The first kappa shape index (κ1) is 14.6. The zero-order valence-electron chi connectivity index (χ0n) is 9.63. The highest BCUT2D eigenvalue weighted by atomic mass is 35.5. The van der Waals surface area contributed by atoms with E-state index in [4.69, 9.17) is 23.2 Å². The highest BCUT2D eigenvalue weighted by Crippen LogP contribution is 2.24. The minimum atomic E-state index is -0.637. The van der Waals surface area contributed by atoms with Crippen molar-refractivity contribution in [2.75, 3.05) is 18.5 Å². The molecule has 2 N–H and O–H groups in total. The first-order valence-corrected chi connectivity index (χ1v) is 5.94. The van der Waals surface area contributed by atoms with Gasteiger partial charge in [0, 0.05) is 5.69 Å². The Hall–Kier alpha value is -1.46. The van der Waals surface area contributed by atoms with Gasteiger partial charge < -0.3 is 15.4 Å². The van der Waals surface area contributed by atoms with Gasteiger partial charge in [-0.05, 0) is 25.1 Å². The molecule has 0 atom stereocenters. The predicted octanol–water partition coefficient (Wildman–Crippen LogP) is 2.68. The van der Waals surface area contributed by atoms with E-state index < -0.39 is 6.09 Å². The number of carbonyl (C=O) groups is 2. The van der Waals surface area contributed by atoms with Gasteiger partial charge >= 0.3 is 6.09 Å². The summed E-state index contributed by atoms with van der Waals surface area (Å²) in [5.74, 6) is -0.388. The number of ether oxygens (including phenoxy) is 1. The molecule has 2 amide bonds. The van der Waals surface area contributed by atoms with Gasteiger partial charge in [0.1, 0.15) is 6.54 Å². The normalized spacial score (nSPS) is 9.72. The molecule has 0 aromatic heterocycles. The molecule has 0 heterocycles. The lowest BCUT2D eigenvalue weighted by atomic mass is 10.3. The third kappa shape index (κ3) is 4.81. The summed E-state index contributed by atoms with van der Waals surface area (Å²) in [6.07, 6.45) is -0.637. The zero-order chi connectivity index (χ0) is 13.5. The van der Waals surface area contributed by atoms with Crippen molar-refractivity contribution in [3.8, 4) is 0 Å². The van der Waals surface area contributed by atoms with Crippen LogP contribution in [0, 0.1) is 0 Å². The van der Waals surface area contributed by atoms with Crippen LogP contribution in [0.2, 0.25) is 10.0 Å². The van der Waals surface area contributed by atoms with Crippen LogP contribution in [0.3, 0.4) is 0 Å². The quantitative estimate of drug-likeness (QED) is 0.896. The number of benzene rings is 1. The molecule has 1 aromatic rings. The Labute approximate surface area is 114 Å².